The van der Waals surface area contributed by atoms with Crippen molar-refractivity contribution in [2.75, 3.05) is 0 Å². The minimum Gasteiger partial charge on any atom is -0.390 e. The molecule has 2 heterocycles. The highest BCUT2D eigenvalue weighted by Crippen LogP contribution is 2.05. The van der Waals surface area contributed by atoms with Gasteiger partial charge in [-0.25, -0.2) is 0 Å². The third kappa shape index (κ3) is 7.64. The van der Waals surface area contributed by atoms with Crippen LogP contribution in [0.1, 0.15) is 28.3 Å². The number of ether oxygens (including phenoxy) is 1. The summed E-state index contributed by atoms with van der Waals surface area (Å²) in [6, 6.07) is 20.7. The number of aliphatic hydroxyl groups is 3. The predicted molar refractivity (Wildman–Crippen MR) is 101 cm³/mol. The van der Waals surface area contributed by atoms with E-state index in [2.05, 4.69) is 9.97 Å². The number of pyridine rings is 2. The molecule has 0 saturated heterocycles. The lowest BCUT2D eigenvalue weighted by atomic mass is 10.2. The predicted octanol–water partition coefficient (Wildman–Crippen LogP) is 2.36. The first-order valence-corrected chi connectivity index (χ1v) is 8.59. The first-order chi connectivity index (χ1) is 13.2. The highest BCUT2D eigenvalue weighted by Gasteiger charge is 1.98. The van der Waals surface area contributed by atoms with E-state index in [0.29, 0.717) is 30.3 Å². The highest BCUT2D eigenvalue weighted by atomic mass is 16.5. The van der Waals surface area contributed by atoms with Gasteiger partial charge in [0.1, 0.15) is 0 Å². The molecular formula is C21H24N2O4. The molecule has 0 aliphatic rings. The monoisotopic (exact) mass is 368 g/mol. The Morgan fingerprint density at radius 1 is 0.556 bits per heavy atom. The van der Waals surface area contributed by atoms with Crippen LogP contribution in [-0.2, 0) is 37.8 Å². The lowest BCUT2D eigenvalue weighted by molar-refractivity contribution is 0.104. The van der Waals surface area contributed by atoms with Gasteiger partial charge in [0.05, 0.1) is 55.8 Å². The zero-order valence-electron chi connectivity index (χ0n) is 15.0. The van der Waals surface area contributed by atoms with E-state index in [1.807, 2.05) is 42.5 Å². The summed E-state index contributed by atoms with van der Waals surface area (Å²) in [6.45, 7) is 0.850. The summed E-state index contributed by atoms with van der Waals surface area (Å²) in [5, 5.41) is 26.2. The van der Waals surface area contributed by atoms with E-state index in [4.69, 9.17) is 20.1 Å². The van der Waals surface area contributed by atoms with Crippen LogP contribution in [0, 0.1) is 0 Å². The molecule has 0 unspecified atom stereocenters. The van der Waals surface area contributed by atoms with Crippen LogP contribution in [0.2, 0.25) is 0 Å². The summed E-state index contributed by atoms with van der Waals surface area (Å²) in [5.41, 5.74) is 3.84. The molecule has 0 bridgehead atoms. The second-order valence-electron chi connectivity index (χ2n) is 5.69. The van der Waals surface area contributed by atoms with Crippen molar-refractivity contribution in [1.82, 2.24) is 9.97 Å². The summed E-state index contributed by atoms with van der Waals surface area (Å²) < 4.78 is 5.56. The highest BCUT2D eigenvalue weighted by molar-refractivity contribution is 5.14. The van der Waals surface area contributed by atoms with Gasteiger partial charge in [-0.3, -0.25) is 9.97 Å². The first kappa shape index (κ1) is 20.7. The largest absolute Gasteiger partial charge is 0.390 e. The summed E-state index contributed by atoms with van der Waals surface area (Å²) in [7, 11) is 0. The Morgan fingerprint density at radius 2 is 1.04 bits per heavy atom. The van der Waals surface area contributed by atoms with Gasteiger partial charge in [-0.05, 0) is 29.8 Å². The molecule has 0 aliphatic carbocycles. The number of aromatic nitrogens is 2. The van der Waals surface area contributed by atoms with Crippen molar-refractivity contribution in [1.29, 1.82) is 0 Å². The first-order valence-electron chi connectivity index (χ1n) is 8.59. The minimum atomic E-state index is -0.0756. The fraction of sp³-hybridized carbons (Fsp3) is 0.238. The van der Waals surface area contributed by atoms with E-state index in [-0.39, 0.29) is 19.8 Å². The quantitative estimate of drug-likeness (QED) is 0.592. The van der Waals surface area contributed by atoms with Gasteiger partial charge >= 0.3 is 0 Å². The Kier molecular flexibility index (Phi) is 9.09. The second kappa shape index (κ2) is 11.9. The Hall–Kier alpha value is -2.64. The normalized spacial score (nSPS) is 10.2. The summed E-state index contributed by atoms with van der Waals surface area (Å²) in [6.07, 6.45) is 0. The van der Waals surface area contributed by atoms with Gasteiger partial charge in [-0.15, -0.1) is 0 Å². The number of rotatable bonds is 7. The van der Waals surface area contributed by atoms with Crippen LogP contribution < -0.4 is 0 Å². The van der Waals surface area contributed by atoms with Crippen molar-refractivity contribution in [2.45, 2.75) is 33.0 Å². The molecule has 2 aromatic heterocycles. The number of nitrogens with zero attached hydrogens (tertiary/aromatic N) is 2. The van der Waals surface area contributed by atoms with Crippen molar-refractivity contribution in [3.05, 3.63) is 95.1 Å². The van der Waals surface area contributed by atoms with E-state index in [1.165, 1.54) is 0 Å². The number of benzene rings is 1. The number of hydrogen-bond acceptors (Lipinski definition) is 6. The molecular weight excluding hydrogens is 344 g/mol. The third-order valence-corrected chi connectivity index (χ3v) is 3.58. The molecule has 0 aliphatic heterocycles. The van der Waals surface area contributed by atoms with Gasteiger partial charge in [0.2, 0.25) is 0 Å². The topological polar surface area (TPSA) is 95.7 Å². The molecule has 6 nitrogen and oxygen atoms in total. The summed E-state index contributed by atoms with van der Waals surface area (Å²) >= 11 is 0. The fourth-order valence-corrected chi connectivity index (χ4v) is 2.25. The average molecular weight is 368 g/mol. The van der Waals surface area contributed by atoms with Crippen molar-refractivity contribution in [3.8, 4) is 0 Å². The van der Waals surface area contributed by atoms with Gasteiger partial charge in [0, 0.05) is 0 Å². The number of aliphatic hydroxyl groups excluding tert-OH is 3. The molecule has 6 heteroatoms. The minimum absolute atomic E-state index is 0.0352. The molecule has 3 N–H and O–H groups in total. The number of hydrogen-bond donors (Lipinski definition) is 3. The average Bonchev–Trinajstić information content (AvgIpc) is 2.75. The van der Waals surface area contributed by atoms with Crippen LogP contribution >= 0.6 is 0 Å². The molecule has 0 fully saturated rings. The summed E-state index contributed by atoms with van der Waals surface area (Å²) in [5.74, 6) is 0. The maximum Gasteiger partial charge on any atom is 0.0892 e. The Morgan fingerprint density at radius 3 is 1.56 bits per heavy atom. The molecule has 0 atom stereocenters. The van der Waals surface area contributed by atoms with Crippen LogP contribution in [-0.4, -0.2) is 25.3 Å². The summed E-state index contributed by atoms with van der Waals surface area (Å²) in [4.78, 5) is 8.16. The molecule has 0 amide bonds. The van der Waals surface area contributed by atoms with Crippen LogP contribution in [0.4, 0.5) is 0 Å². The zero-order chi connectivity index (χ0) is 19.3. The SMILES string of the molecule is OCc1cccc(CO)n1.OCc1cccc(COCc2ccccc2)n1. The molecule has 142 valence electrons. The van der Waals surface area contributed by atoms with Crippen molar-refractivity contribution in [3.63, 3.8) is 0 Å². The van der Waals surface area contributed by atoms with E-state index in [9.17, 15) is 0 Å². The molecule has 0 radical (unpaired) electrons. The Bertz CT molecular complexity index is 778. The van der Waals surface area contributed by atoms with Gasteiger partial charge in [-0.1, -0.05) is 42.5 Å². The van der Waals surface area contributed by atoms with Crippen molar-refractivity contribution < 1.29 is 20.1 Å². The fourth-order valence-electron chi connectivity index (χ4n) is 2.25. The maximum absolute atomic E-state index is 8.96. The lowest BCUT2D eigenvalue weighted by Crippen LogP contribution is -1.99. The van der Waals surface area contributed by atoms with Crippen LogP contribution in [0.5, 0.6) is 0 Å². The van der Waals surface area contributed by atoms with E-state index in [1.54, 1.807) is 24.3 Å². The van der Waals surface area contributed by atoms with Crippen LogP contribution in [0.15, 0.2) is 66.7 Å². The Labute approximate surface area is 158 Å². The van der Waals surface area contributed by atoms with E-state index in [0.717, 1.165) is 11.3 Å². The van der Waals surface area contributed by atoms with Crippen LogP contribution in [0.25, 0.3) is 0 Å². The zero-order valence-corrected chi connectivity index (χ0v) is 15.0. The van der Waals surface area contributed by atoms with Gasteiger partial charge in [0.15, 0.2) is 0 Å². The Balaban J connectivity index is 0.000000223. The molecule has 27 heavy (non-hydrogen) atoms. The van der Waals surface area contributed by atoms with Gasteiger partial charge in [-0.2, -0.15) is 0 Å². The van der Waals surface area contributed by atoms with Crippen molar-refractivity contribution in [2.24, 2.45) is 0 Å². The van der Waals surface area contributed by atoms with Crippen LogP contribution in [0.3, 0.4) is 0 Å². The van der Waals surface area contributed by atoms with E-state index < -0.39 is 0 Å². The molecule has 0 spiro atoms. The molecule has 1 aromatic carbocycles. The molecule has 3 rings (SSSR count). The van der Waals surface area contributed by atoms with E-state index >= 15 is 0 Å². The van der Waals surface area contributed by atoms with Gasteiger partial charge < -0.3 is 20.1 Å². The molecule has 3 aromatic rings. The van der Waals surface area contributed by atoms with Crippen molar-refractivity contribution >= 4 is 0 Å². The third-order valence-electron chi connectivity index (χ3n) is 3.58. The standard InChI is InChI=1S/C14H15NO2.C7H9NO2/c16-9-13-7-4-8-14(15-13)11-17-10-12-5-2-1-3-6-12;9-4-6-2-1-3-7(5-10)8-6/h1-8,16H,9-11H2;1-3,9-10H,4-5H2. The smallest absolute Gasteiger partial charge is 0.0892 e. The maximum atomic E-state index is 8.96. The second-order valence-corrected chi connectivity index (χ2v) is 5.69. The van der Waals surface area contributed by atoms with Gasteiger partial charge in [0.25, 0.3) is 0 Å². The lowest BCUT2D eigenvalue weighted by Gasteiger charge is -2.05. The molecule has 0 saturated carbocycles.